The number of imide groups is 1. The second-order valence-electron chi connectivity index (χ2n) is 9.26. The summed E-state index contributed by atoms with van der Waals surface area (Å²) in [7, 11) is 0.0384. The van der Waals surface area contributed by atoms with E-state index in [1.54, 1.807) is 24.3 Å². The van der Waals surface area contributed by atoms with E-state index in [2.05, 4.69) is 10.0 Å². The van der Waals surface area contributed by atoms with Gasteiger partial charge in [0.1, 0.15) is 22.1 Å². The molecule has 1 aliphatic rings. The zero-order valence-corrected chi connectivity index (χ0v) is 25.4. The molecule has 0 bridgehead atoms. The van der Waals surface area contributed by atoms with Gasteiger partial charge in [-0.1, -0.05) is 23.9 Å². The molecular formula is C29H28F3N3O7S2. The zero-order valence-electron chi connectivity index (χ0n) is 23.7. The van der Waals surface area contributed by atoms with E-state index in [4.69, 9.17) is 14.2 Å². The highest BCUT2D eigenvalue weighted by molar-refractivity contribution is 8.04. The van der Waals surface area contributed by atoms with Gasteiger partial charge in [0.15, 0.2) is 0 Å². The number of carbonyl (C=O) groups excluding carboxylic acids is 2. The molecule has 1 heterocycles. The second kappa shape index (κ2) is 13.6. The monoisotopic (exact) mass is 651 g/mol. The Bertz CT molecular complexity index is 1700. The Hall–Kier alpha value is -4.21. The maximum Gasteiger partial charge on any atom is 0.416 e. The summed E-state index contributed by atoms with van der Waals surface area (Å²) in [6.45, 7) is 0.417. The molecule has 234 valence electrons. The first-order chi connectivity index (χ1) is 20.9. The number of anilines is 2. The minimum atomic E-state index is -4.72. The number of thioether (sulfide) groups is 1. The molecule has 0 aliphatic carbocycles. The van der Waals surface area contributed by atoms with Gasteiger partial charge in [-0.3, -0.25) is 19.2 Å². The summed E-state index contributed by atoms with van der Waals surface area (Å²) in [6.07, 6.45) is -4.32. The Kier molecular flexibility index (Phi) is 10.1. The molecule has 2 amide bonds. The number of amides is 2. The van der Waals surface area contributed by atoms with Gasteiger partial charge >= 0.3 is 6.18 Å². The summed E-state index contributed by atoms with van der Waals surface area (Å²) in [5, 5.41) is 3.01. The van der Waals surface area contributed by atoms with E-state index in [0.717, 1.165) is 34.9 Å². The fourth-order valence-corrected chi connectivity index (χ4v) is 6.26. The molecule has 10 nitrogen and oxygen atoms in total. The first kappa shape index (κ1) is 32.7. The first-order valence-electron chi connectivity index (χ1n) is 12.9. The first-order valence-corrected chi connectivity index (χ1v) is 15.2. The summed E-state index contributed by atoms with van der Waals surface area (Å²) in [5.41, 5.74) is -0.697. The average Bonchev–Trinajstić information content (AvgIpc) is 3.20. The van der Waals surface area contributed by atoms with Crippen molar-refractivity contribution in [2.75, 3.05) is 44.5 Å². The van der Waals surface area contributed by atoms with Crippen LogP contribution in [0.15, 0.2) is 87.1 Å². The van der Waals surface area contributed by atoms with Crippen LogP contribution in [0.2, 0.25) is 0 Å². The highest BCUT2D eigenvalue weighted by Gasteiger charge is 2.39. The largest absolute Gasteiger partial charge is 0.497 e. The zero-order chi connectivity index (χ0) is 32.1. The predicted octanol–water partition coefficient (Wildman–Crippen LogP) is 5.34. The summed E-state index contributed by atoms with van der Waals surface area (Å²) in [6, 6.07) is 14.2. The van der Waals surface area contributed by atoms with Crippen LogP contribution < -0.4 is 19.5 Å². The van der Waals surface area contributed by atoms with E-state index in [-0.39, 0.29) is 22.8 Å². The summed E-state index contributed by atoms with van der Waals surface area (Å²) < 4.78 is 83.3. The lowest BCUT2D eigenvalue weighted by Crippen LogP contribution is -2.33. The molecule has 0 saturated heterocycles. The summed E-state index contributed by atoms with van der Waals surface area (Å²) in [4.78, 5) is 27.8. The average molecular weight is 652 g/mol. The van der Waals surface area contributed by atoms with E-state index >= 15 is 0 Å². The van der Waals surface area contributed by atoms with Crippen LogP contribution in [-0.2, 0) is 30.5 Å². The lowest BCUT2D eigenvalue weighted by molar-refractivity contribution is -0.138. The third-order valence-corrected chi connectivity index (χ3v) is 8.75. The van der Waals surface area contributed by atoms with Crippen molar-refractivity contribution in [1.29, 1.82) is 0 Å². The fraction of sp³-hybridized carbons (Fsp3) is 0.241. The SMILES string of the molecule is COCCCN1C(=O)C(Nc2ccc(OC)cc2OC)=C(Sc2cccc(NS(=O)(=O)c3cccc(C(F)(F)F)c3)c2)C1=O. The van der Waals surface area contributed by atoms with Gasteiger partial charge < -0.3 is 19.5 Å². The van der Waals surface area contributed by atoms with Gasteiger partial charge in [0.25, 0.3) is 21.8 Å². The van der Waals surface area contributed by atoms with Crippen LogP contribution in [0.25, 0.3) is 0 Å². The number of sulfonamides is 1. The Morgan fingerprint density at radius 3 is 2.34 bits per heavy atom. The Morgan fingerprint density at radius 1 is 0.909 bits per heavy atom. The molecule has 0 atom stereocenters. The molecular weight excluding hydrogens is 623 g/mol. The third-order valence-electron chi connectivity index (χ3n) is 6.30. The van der Waals surface area contributed by atoms with Crippen LogP contribution in [0.4, 0.5) is 24.5 Å². The molecule has 0 spiro atoms. The van der Waals surface area contributed by atoms with E-state index in [9.17, 15) is 31.2 Å². The molecule has 1 aliphatic heterocycles. The van der Waals surface area contributed by atoms with Crippen LogP contribution >= 0.6 is 11.8 Å². The van der Waals surface area contributed by atoms with Crippen molar-refractivity contribution in [3.63, 3.8) is 0 Å². The number of hydrogen-bond donors (Lipinski definition) is 2. The highest BCUT2D eigenvalue weighted by Crippen LogP contribution is 2.39. The number of nitrogens with zero attached hydrogens (tertiary/aromatic N) is 1. The number of halogens is 3. The Labute approximate surface area is 256 Å². The van der Waals surface area contributed by atoms with E-state index in [0.29, 0.717) is 41.2 Å². The molecule has 4 rings (SSSR count). The van der Waals surface area contributed by atoms with Crippen LogP contribution in [0.5, 0.6) is 11.5 Å². The molecule has 3 aromatic rings. The number of carbonyl (C=O) groups is 2. The number of hydrogen-bond acceptors (Lipinski definition) is 9. The van der Waals surface area contributed by atoms with Gasteiger partial charge in [0.2, 0.25) is 0 Å². The number of methoxy groups -OCH3 is 3. The van der Waals surface area contributed by atoms with Gasteiger partial charge in [-0.05, 0) is 55.0 Å². The maximum atomic E-state index is 13.5. The van der Waals surface area contributed by atoms with Crippen molar-refractivity contribution in [2.45, 2.75) is 22.4 Å². The molecule has 0 saturated carbocycles. The second-order valence-corrected chi connectivity index (χ2v) is 12.0. The number of rotatable bonds is 13. The number of alkyl halides is 3. The molecule has 2 N–H and O–H groups in total. The van der Waals surface area contributed by atoms with Gasteiger partial charge in [-0.15, -0.1) is 0 Å². The van der Waals surface area contributed by atoms with E-state index in [1.165, 1.54) is 39.5 Å². The van der Waals surface area contributed by atoms with Crippen molar-refractivity contribution >= 4 is 45.0 Å². The van der Waals surface area contributed by atoms with Gasteiger partial charge in [-0.25, -0.2) is 8.42 Å². The molecule has 0 fully saturated rings. The minimum Gasteiger partial charge on any atom is -0.497 e. The van der Waals surface area contributed by atoms with E-state index in [1.807, 2.05) is 0 Å². The van der Waals surface area contributed by atoms with Gasteiger partial charge in [0.05, 0.1) is 30.4 Å². The molecule has 0 aromatic heterocycles. The maximum absolute atomic E-state index is 13.5. The van der Waals surface area contributed by atoms with Crippen molar-refractivity contribution in [3.05, 3.63) is 82.9 Å². The van der Waals surface area contributed by atoms with Crippen LogP contribution in [0, 0.1) is 0 Å². The Balaban J connectivity index is 1.65. The molecule has 0 radical (unpaired) electrons. The van der Waals surface area contributed by atoms with Crippen LogP contribution in [-0.4, -0.2) is 59.6 Å². The molecule has 44 heavy (non-hydrogen) atoms. The van der Waals surface area contributed by atoms with Crippen molar-refractivity contribution in [1.82, 2.24) is 4.90 Å². The van der Waals surface area contributed by atoms with Crippen molar-refractivity contribution in [2.24, 2.45) is 0 Å². The fourth-order valence-electron chi connectivity index (χ4n) is 4.16. The quantitative estimate of drug-likeness (QED) is 0.186. The highest BCUT2D eigenvalue weighted by atomic mass is 32.2. The summed E-state index contributed by atoms with van der Waals surface area (Å²) >= 11 is 0.921. The summed E-state index contributed by atoms with van der Waals surface area (Å²) in [5.74, 6) is -0.283. The number of benzene rings is 3. The Morgan fingerprint density at radius 2 is 1.66 bits per heavy atom. The number of ether oxygens (including phenoxy) is 3. The molecule has 3 aromatic carbocycles. The van der Waals surface area contributed by atoms with Crippen LogP contribution in [0.1, 0.15) is 12.0 Å². The predicted molar refractivity (Wildman–Crippen MR) is 158 cm³/mol. The molecule has 0 unspecified atom stereocenters. The lowest BCUT2D eigenvalue weighted by atomic mass is 10.2. The van der Waals surface area contributed by atoms with E-state index < -0.39 is 38.5 Å². The number of nitrogens with one attached hydrogen (secondary N) is 2. The van der Waals surface area contributed by atoms with Gasteiger partial charge in [0, 0.05) is 36.9 Å². The van der Waals surface area contributed by atoms with Gasteiger partial charge in [-0.2, -0.15) is 13.2 Å². The lowest BCUT2D eigenvalue weighted by Gasteiger charge is -2.15. The van der Waals surface area contributed by atoms with Crippen LogP contribution in [0.3, 0.4) is 0 Å². The molecule has 15 heteroatoms. The topological polar surface area (TPSA) is 123 Å². The normalized spacial score (nSPS) is 13.8. The van der Waals surface area contributed by atoms with Crippen molar-refractivity contribution < 1.29 is 45.4 Å². The third kappa shape index (κ3) is 7.46. The smallest absolute Gasteiger partial charge is 0.416 e. The standard InChI is InChI=1S/C29H28F3N3O7S2/c1-40-14-6-13-35-27(36)25(33-23-12-11-20(41-2)17-24(23)42-3)26(28(35)37)43-21-9-5-8-19(16-21)34-44(38,39)22-10-4-7-18(15-22)29(30,31)32/h4-5,7-12,15-17,33-34H,6,13-14H2,1-3H3. The van der Waals surface area contributed by atoms with Crippen molar-refractivity contribution in [3.8, 4) is 11.5 Å². The minimum absolute atomic E-state index is 0.0177.